The molecule has 3 heteroatoms. The van der Waals surface area contributed by atoms with E-state index in [1.165, 1.54) is 44.2 Å². The second-order valence-electron chi connectivity index (χ2n) is 4.87. The Labute approximate surface area is 115 Å². The fourth-order valence-electron chi connectivity index (χ4n) is 1.93. The molecule has 0 aromatic heterocycles. The van der Waals surface area contributed by atoms with Gasteiger partial charge in [-0.15, -0.1) is 0 Å². The Morgan fingerprint density at radius 3 is 2.72 bits per heavy atom. The molecule has 1 unspecified atom stereocenters. The molecule has 102 valence electrons. The molecule has 0 aliphatic heterocycles. The molecule has 0 spiro atoms. The molecule has 1 N–H and O–H groups in total. The van der Waals surface area contributed by atoms with Crippen LogP contribution in [0.1, 0.15) is 51.5 Å². The summed E-state index contributed by atoms with van der Waals surface area (Å²) in [5.41, 5.74) is 0.957. The van der Waals surface area contributed by atoms with E-state index < -0.39 is 0 Å². The Balaban J connectivity index is 2.27. The molecule has 0 bridgehead atoms. The zero-order valence-corrected chi connectivity index (χ0v) is 12.1. The maximum atomic E-state index is 12.9. The van der Waals surface area contributed by atoms with Crippen LogP contribution < -0.4 is 5.32 Å². The Morgan fingerprint density at radius 1 is 1.28 bits per heavy atom. The third-order valence-corrected chi connectivity index (χ3v) is 3.50. The maximum Gasteiger partial charge on any atom is 0.124 e. The van der Waals surface area contributed by atoms with Crippen LogP contribution in [0.2, 0.25) is 5.02 Å². The summed E-state index contributed by atoms with van der Waals surface area (Å²) >= 11 is 5.98. The molecule has 1 aromatic carbocycles. The van der Waals surface area contributed by atoms with Crippen molar-refractivity contribution in [3.05, 3.63) is 34.6 Å². The minimum atomic E-state index is -0.281. The second kappa shape index (κ2) is 8.49. The monoisotopic (exact) mass is 271 g/mol. The Hall–Kier alpha value is -0.600. The fraction of sp³-hybridized carbons (Fsp3) is 0.600. The first-order valence-electron chi connectivity index (χ1n) is 6.80. The number of hydrogen-bond acceptors (Lipinski definition) is 1. The molecular weight excluding hydrogens is 249 g/mol. The average Bonchev–Trinajstić information content (AvgIpc) is 2.33. The first-order valence-corrected chi connectivity index (χ1v) is 7.18. The van der Waals surface area contributed by atoms with E-state index >= 15 is 0 Å². The highest BCUT2D eigenvalue weighted by atomic mass is 35.5. The lowest BCUT2D eigenvalue weighted by molar-refractivity contribution is 0.482. The predicted octanol–water partition coefficient (Wildman–Crippen LogP) is 4.93. The highest BCUT2D eigenvalue weighted by Gasteiger charge is 2.05. The molecule has 0 saturated carbocycles. The molecule has 0 saturated heterocycles. The van der Waals surface area contributed by atoms with Gasteiger partial charge in [0.15, 0.2) is 0 Å². The SMILES string of the molecule is CCCCCCC(C)NCc1ccc(F)cc1Cl. The van der Waals surface area contributed by atoms with Gasteiger partial charge >= 0.3 is 0 Å². The van der Waals surface area contributed by atoms with Crippen LogP contribution in [0.15, 0.2) is 18.2 Å². The lowest BCUT2D eigenvalue weighted by Gasteiger charge is -2.14. The van der Waals surface area contributed by atoms with Crippen LogP contribution in [-0.4, -0.2) is 6.04 Å². The second-order valence-corrected chi connectivity index (χ2v) is 5.27. The van der Waals surface area contributed by atoms with Gasteiger partial charge in [0.1, 0.15) is 5.82 Å². The Morgan fingerprint density at radius 2 is 2.06 bits per heavy atom. The highest BCUT2D eigenvalue weighted by Crippen LogP contribution is 2.17. The van der Waals surface area contributed by atoms with E-state index in [9.17, 15) is 4.39 Å². The largest absolute Gasteiger partial charge is 0.310 e. The molecule has 0 heterocycles. The average molecular weight is 272 g/mol. The topological polar surface area (TPSA) is 12.0 Å². The van der Waals surface area contributed by atoms with Crippen LogP contribution >= 0.6 is 11.6 Å². The molecule has 1 atom stereocenters. The van der Waals surface area contributed by atoms with Gasteiger partial charge < -0.3 is 5.32 Å². The van der Waals surface area contributed by atoms with Crippen molar-refractivity contribution in [3.63, 3.8) is 0 Å². The summed E-state index contributed by atoms with van der Waals surface area (Å²) in [7, 11) is 0. The van der Waals surface area contributed by atoms with E-state index in [4.69, 9.17) is 11.6 Å². The predicted molar refractivity (Wildman–Crippen MR) is 76.5 cm³/mol. The van der Waals surface area contributed by atoms with E-state index in [0.717, 1.165) is 5.56 Å². The smallest absolute Gasteiger partial charge is 0.124 e. The van der Waals surface area contributed by atoms with Crippen molar-refractivity contribution in [2.24, 2.45) is 0 Å². The lowest BCUT2D eigenvalue weighted by Crippen LogP contribution is -2.25. The maximum absolute atomic E-state index is 12.9. The van der Waals surface area contributed by atoms with Crippen molar-refractivity contribution in [1.82, 2.24) is 5.32 Å². The molecule has 0 amide bonds. The van der Waals surface area contributed by atoms with Gasteiger partial charge in [-0.1, -0.05) is 50.3 Å². The molecule has 0 aliphatic rings. The summed E-state index contributed by atoms with van der Waals surface area (Å²) in [6, 6.07) is 5.04. The summed E-state index contributed by atoms with van der Waals surface area (Å²) in [5.74, 6) is -0.281. The molecular formula is C15H23ClFN. The molecule has 1 rings (SSSR count). The fourth-order valence-corrected chi connectivity index (χ4v) is 2.16. The summed E-state index contributed by atoms with van der Waals surface area (Å²) in [6.07, 6.45) is 6.33. The quantitative estimate of drug-likeness (QED) is 0.661. The molecule has 1 nitrogen and oxygen atoms in total. The normalized spacial score (nSPS) is 12.7. The van der Waals surface area contributed by atoms with E-state index in [2.05, 4.69) is 19.2 Å². The summed E-state index contributed by atoms with van der Waals surface area (Å²) in [5, 5.41) is 3.93. The Kier molecular flexibility index (Phi) is 7.29. The van der Waals surface area contributed by atoms with E-state index in [1.807, 2.05) is 0 Å². The van der Waals surface area contributed by atoms with Gasteiger partial charge in [-0.2, -0.15) is 0 Å². The van der Waals surface area contributed by atoms with Crippen LogP contribution in [0.4, 0.5) is 4.39 Å². The first-order chi connectivity index (χ1) is 8.63. The van der Waals surface area contributed by atoms with Gasteiger partial charge in [-0.3, -0.25) is 0 Å². The van der Waals surface area contributed by atoms with Crippen LogP contribution in [0, 0.1) is 5.82 Å². The number of hydrogen-bond donors (Lipinski definition) is 1. The third kappa shape index (κ3) is 5.83. The minimum Gasteiger partial charge on any atom is -0.310 e. The number of unbranched alkanes of at least 4 members (excludes halogenated alkanes) is 3. The van der Waals surface area contributed by atoms with Gasteiger partial charge in [0.2, 0.25) is 0 Å². The summed E-state index contributed by atoms with van der Waals surface area (Å²) < 4.78 is 12.9. The molecule has 0 fully saturated rings. The standard InChI is InChI=1S/C15H23ClFN/c1-3-4-5-6-7-12(2)18-11-13-8-9-14(17)10-15(13)16/h8-10,12,18H,3-7,11H2,1-2H3. The van der Waals surface area contributed by atoms with E-state index in [0.29, 0.717) is 17.6 Å². The van der Waals surface area contributed by atoms with Gasteiger partial charge in [-0.05, 0) is 31.0 Å². The number of rotatable bonds is 8. The van der Waals surface area contributed by atoms with Crippen LogP contribution in [0.3, 0.4) is 0 Å². The number of halogens is 2. The van der Waals surface area contributed by atoms with Crippen molar-refractivity contribution in [2.45, 2.75) is 58.5 Å². The lowest BCUT2D eigenvalue weighted by atomic mass is 10.1. The first kappa shape index (κ1) is 15.5. The van der Waals surface area contributed by atoms with Crippen molar-refractivity contribution in [2.75, 3.05) is 0 Å². The zero-order chi connectivity index (χ0) is 13.4. The van der Waals surface area contributed by atoms with E-state index in [-0.39, 0.29) is 5.82 Å². The van der Waals surface area contributed by atoms with Gasteiger partial charge in [0, 0.05) is 17.6 Å². The summed E-state index contributed by atoms with van der Waals surface area (Å²) in [6.45, 7) is 5.11. The highest BCUT2D eigenvalue weighted by molar-refractivity contribution is 6.31. The third-order valence-electron chi connectivity index (χ3n) is 3.15. The van der Waals surface area contributed by atoms with Crippen LogP contribution in [0.5, 0.6) is 0 Å². The van der Waals surface area contributed by atoms with Crippen molar-refractivity contribution >= 4 is 11.6 Å². The van der Waals surface area contributed by atoms with Gasteiger partial charge in [0.25, 0.3) is 0 Å². The van der Waals surface area contributed by atoms with Crippen LogP contribution in [-0.2, 0) is 6.54 Å². The Bertz CT molecular complexity index is 354. The van der Waals surface area contributed by atoms with E-state index in [1.54, 1.807) is 6.07 Å². The summed E-state index contributed by atoms with van der Waals surface area (Å²) in [4.78, 5) is 0. The van der Waals surface area contributed by atoms with Crippen molar-refractivity contribution in [3.8, 4) is 0 Å². The van der Waals surface area contributed by atoms with Gasteiger partial charge in [0.05, 0.1) is 0 Å². The van der Waals surface area contributed by atoms with Crippen LogP contribution in [0.25, 0.3) is 0 Å². The minimum absolute atomic E-state index is 0.281. The molecule has 18 heavy (non-hydrogen) atoms. The molecule has 0 radical (unpaired) electrons. The molecule has 1 aromatic rings. The van der Waals surface area contributed by atoms with Crippen molar-refractivity contribution < 1.29 is 4.39 Å². The zero-order valence-electron chi connectivity index (χ0n) is 11.3. The number of nitrogens with one attached hydrogen (secondary N) is 1. The molecule has 0 aliphatic carbocycles. The van der Waals surface area contributed by atoms with Crippen molar-refractivity contribution in [1.29, 1.82) is 0 Å². The van der Waals surface area contributed by atoms with Gasteiger partial charge in [-0.25, -0.2) is 4.39 Å². The number of benzene rings is 1.